The summed E-state index contributed by atoms with van der Waals surface area (Å²) in [5.41, 5.74) is -0.478. The first-order valence-electron chi connectivity index (χ1n) is 4.45. The Morgan fingerprint density at radius 1 is 1.50 bits per heavy atom. The van der Waals surface area contributed by atoms with E-state index in [1.807, 2.05) is 12.2 Å². The van der Waals surface area contributed by atoms with E-state index in [2.05, 4.69) is 13.8 Å². The second-order valence-electron chi connectivity index (χ2n) is 4.06. The molecule has 0 heterocycles. The van der Waals surface area contributed by atoms with Crippen LogP contribution in [0.1, 0.15) is 33.1 Å². The van der Waals surface area contributed by atoms with Crippen molar-refractivity contribution in [1.82, 2.24) is 0 Å². The molecular weight excluding hydrogens is 152 g/mol. The Kier molecular flexibility index (Phi) is 2.55. The lowest BCUT2D eigenvalue weighted by atomic mass is 9.78. The Bertz CT molecular complexity index is 196. The number of hydrogen-bond donors (Lipinski definition) is 1. The highest BCUT2D eigenvalue weighted by Gasteiger charge is 2.39. The molecule has 1 rings (SSSR count). The number of carbonyl (C=O) groups is 1. The number of rotatable bonds is 3. The van der Waals surface area contributed by atoms with Gasteiger partial charge in [0, 0.05) is 0 Å². The van der Waals surface area contributed by atoms with Crippen molar-refractivity contribution in [3.05, 3.63) is 12.2 Å². The van der Waals surface area contributed by atoms with Crippen molar-refractivity contribution < 1.29 is 9.90 Å². The summed E-state index contributed by atoms with van der Waals surface area (Å²) in [6, 6.07) is 0. The lowest BCUT2D eigenvalue weighted by Crippen LogP contribution is -2.29. The summed E-state index contributed by atoms with van der Waals surface area (Å²) in [6.45, 7) is 4.14. The number of hydrogen-bond acceptors (Lipinski definition) is 1. The summed E-state index contributed by atoms with van der Waals surface area (Å²) >= 11 is 0. The molecule has 0 atom stereocenters. The lowest BCUT2D eigenvalue weighted by Gasteiger charge is -2.25. The molecule has 2 heteroatoms. The number of carboxylic acid groups (broad SMARTS) is 1. The Hall–Kier alpha value is -0.790. The number of aliphatic carboxylic acids is 1. The Morgan fingerprint density at radius 3 is 2.33 bits per heavy atom. The van der Waals surface area contributed by atoms with Crippen molar-refractivity contribution in [1.29, 1.82) is 0 Å². The number of carboxylic acids is 1. The molecule has 0 radical (unpaired) electrons. The zero-order valence-corrected chi connectivity index (χ0v) is 7.71. The summed E-state index contributed by atoms with van der Waals surface area (Å²) in [5.74, 6) is -0.179. The van der Waals surface area contributed by atoms with Crippen LogP contribution in [-0.4, -0.2) is 11.1 Å². The van der Waals surface area contributed by atoms with E-state index in [9.17, 15) is 4.79 Å². The standard InChI is InChI=1S/C10H16O2/c1-8(2)7-10(9(11)12)5-3-4-6-10/h3-4,8H,5-7H2,1-2H3,(H,11,12). The summed E-state index contributed by atoms with van der Waals surface area (Å²) in [6.07, 6.45) is 6.17. The highest BCUT2D eigenvalue weighted by molar-refractivity contribution is 5.75. The molecule has 0 saturated carbocycles. The van der Waals surface area contributed by atoms with Crippen LogP contribution >= 0.6 is 0 Å². The van der Waals surface area contributed by atoms with E-state index in [-0.39, 0.29) is 0 Å². The smallest absolute Gasteiger partial charge is 0.310 e. The lowest BCUT2D eigenvalue weighted by molar-refractivity contribution is -0.149. The fourth-order valence-electron chi connectivity index (χ4n) is 1.91. The summed E-state index contributed by atoms with van der Waals surface area (Å²) < 4.78 is 0. The molecule has 0 aromatic rings. The molecule has 1 aliphatic rings. The number of allylic oxidation sites excluding steroid dienone is 2. The van der Waals surface area contributed by atoms with Crippen molar-refractivity contribution in [3.63, 3.8) is 0 Å². The summed E-state index contributed by atoms with van der Waals surface area (Å²) in [5, 5.41) is 9.07. The molecule has 0 amide bonds. The van der Waals surface area contributed by atoms with Gasteiger partial charge in [-0.25, -0.2) is 0 Å². The van der Waals surface area contributed by atoms with Crippen LogP contribution in [0.25, 0.3) is 0 Å². The minimum Gasteiger partial charge on any atom is -0.481 e. The predicted molar refractivity (Wildman–Crippen MR) is 47.9 cm³/mol. The van der Waals surface area contributed by atoms with Crippen molar-refractivity contribution in [2.75, 3.05) is 0 Å². The first-order chi connectivity index (χ1) is 5.57. The van der Waals surface area contributed by atoms with Crippen LogP contribution in [0.3, 0.4) is 0 Å². The molecule has 0 aromatic carbocycles. The molecule has 1 N–H and O–H groups in total. The summed E-state index contributed by atoms with van der Waals surface area (Å²) in [7, 11) is 0. The van der Waals surface area contributed by atoms with Crippen LogP contribution in [0.15, 0.2) is 12.2 Å². The van der Waals surface area contributed by atoms with Gasteiger partial charge in [0.15, 0.2) is 0 Å². The van der Waals surface area contributed by atoms with Crippen LogP contribution in [0.2, 0.25) is 0 Å². The third kappa shape index (κ3) is 1.68. The third-order valence-electron chi connectivity index (χ3n) is 2.44. The van der Waals surface area contributed by atoms with Crippen LogP contribution in [0.4, 0.5) is 0 Å². The van der Waals surface area contributed by atoms with E-state index >= 15 is 0 Å². The van der Waals surface area contributed by atoms with Crippen molar-refractivity contribution in [2.24, 2.45) is 11.3 Å². The second kappa shape index (κ2) is 3.30. The van der Waals surface area contributed by atoms with E-state index in [0.29, 0.717) is 18.8 Å². The van der Waals surface area contributed by atoms with Gasteiger partial charge in [-0.1, -0.05) is 26.0 Å². The Balaban J connectivity index is 2.67. The molecule has 0 aliphatic heterocycles. The molecule has 0 spiro atoms. The highest BCUT2D eigenvalue weighted by Crippen LogP contribution is 2.39. The fourth-order valence-corrected chi connectivity index (χ4v) is 1.91. The van der Waals surface area contributed by atoms with Crippen LogP contribution in [0, 0.1) is 11.3 Å². The average Bonchev–Trinajstić information content (AvgIpc) is 2.35. The van der Waals surface area contributed by atoms with E-state index in [1.54, 1.807) is 0 Å². The van der Waals surface area contributed by atoms with E-state index < -0.39 is 11.4 Å². The molecule has 0 fully saturated rings. The van der Waals surface area contributed by atoms with Gasteiger partial charge in [0.05, 0.1) is 5.41 Å². The maximum Gasteiger partial charge on any atom is 0.310 e. The van der Waals surface area contributed by atoms with Gasteiger partial charge >= 0.3 is 5.97 Å². The van der Waals surface area contributed by atoms with Crippen LogP contribution in [-0.2, 0) is 4.79 Å². The van der Waals surface area contributed by atoms with E-state index in [1.165, 1.54) is 0 Å². The zero-order valence-electron chi connectivity index (χ0n) is 7.71. The normalized spacial score (nSPS) is 20.2. The predicted octanol–water partition coefficient (Wildman–Crippen LogP) is 2.45. The first kappa shape index (κ1) is 9.30. The first-order valence-corrected chi connectivity index (χ1v) is 4.45. The van der Waals surface area contributed by atoms with Crippen molar-refractivity contribution in [3.8, 4) is 0 Å². The molecule has 0 unspecified atom stereocenters. The SMILES string of the molecule is CC(C)CC1(C(=O)O)CC=CC1. The average molecular weight is 168 g/mol. The third-order valence-corrected chi connectivity index (χ3v) is 2.44. The van der Waals surface area contributed by atoms with Crippen LogP contribution in [0.5, 0.6) is 0 Å². The minimum absolute atomic E-state index is 0.459. The van der Waals surface area contributed by atoms with Crippen molar-refractivity contribution in [2.45, 2.75) is 33.1 Å². The highest BCUT2D eigenvalue weighted by atomic mass is 16.4. The van der Waals surface area contributed by atoms with Gasteiger partial charge in [-0.2, -0.15) is 0 Å². The molecular formula is C10H16O2. The van der Waals surface area contributed by atoms with Gasteiger partial charge in [0.2, 0.25) is 0 Å². The second-order valence-corrected chi connectivity index (χ2v) is 4.06. The Labute approximate surface area is 73.3 Å². The summed E-state index contributed by atoms with van der Waals surface area (Å²) in [4.78, 5) is 11.0. The monoisotopic (exact) mass is 168 g/mol. The molecule has 0 bridgehead atoms. The van der Waals surface area contributed by atoms with Gasteiger partial charge in [-0.05, 0) is 25.2 Å². The zero-order chi connectivity index (χ0) is 9.19. The quantitative estimate of drug-likeness (QED) is 0.657. The van der Waals surface area contributed by atoms with Gasteiger partial charge in [0.25, 0.3) is 0 Å². The van der Waals surface area contributed by atoms with E-state index in [4.69, 9.17) is 5.11 Å². The topological polar surface area (TPSA) is 37.3 Å². The van der Waals surface area contributed by atoms with Gasteiger partial charge in [-0.3, -0.25) is 4.79 Å². The maximum atomic E-state index is 11.0. The molecule has 2 nitrogen and oxygen atoms in total. The van der Waals surface area contributed by atoms with Crippen LogP contribution < -0.4 is 0 Å². The van der Waals surface area contributed by atoms with E-state index in [0.717, 1.165) is 6.42 Å². The molecule has 1 aliphatic carbocycles. The minimum atomic E-state index is -0.638. The fraction of sp³-hybridized carbons (Fsp3) is 0.700. The maximum absolute atomic E-state index is 11.0. The largest absolute Gasteiger partial charge is 0.481 e. The molecule has 0 aromatic heterocycles. The van der Waals surface area contributed by atoms with Crippen molar-refractivity contribution >= 4 is 5.97 Å². The van der Waals surface area contributed by atoms with Gasteiger partial charge in [0.1, 0.15) is 0 Å². The molecule has 68 valence electrons. The molecule has 12 heavy (non-hydrogen) atoms. The van der Waals surface area contributed by atoms with Gasteiger partial charge in [-0.15, -0.1) is 0 Å². The molecule has 0 saturated heterocycles. The van der Waals surface area contributed by atoms with Gasteiger partial charge < -0.3 is 5.11 Å². The Morgan fingerprint density at radius 2 is 2.00 bits per heavy atom.